The van der Waals surface area contributed by atoms with Gasteiger partial charge in [-0.2, -0.15) is 0 Å². The van der Waals surface area contributed by atoms with Crippen molar-refractivity contribution in [1.82, 2.24) is 9.97 Å². The Morgan fingerprint density at radius 2 is 1.83 bits per heavy atom. The Balaban J connectivity index is 2.23. The van der Waals surface area contributed by atoms with Gasteiger partial charge in [-0.05, 0) is 31.2 Å². The van der Waals surface area contributed by atoms with Gasteiger partial charge in [0.2, 0.25) is 0 Å². The lowest BCUT2D eigenvalue weighted by molar-refractivity contribution is 0.631. The molecule has 0 fully saturated rings. The van der Waals surface area contributed by atoms with Crippen LogP contribution in [0.5, 0.6) is 0 Å². The largest absolute Gasteiger partial charge is 0.353 e. The van der Waals surface area contributed by atoms with Gasteiger partial charge in [-0.25, -0.2) is 4.39 Å². The topological polar surface area (TPSA) is 48.6 Å². The average molecular weight is 327 g/mol. The molecule has 23 heavy (non-hydrogen) atoms. The third kappa shape index (κ3) is 2.06. The second-order valence-corrected chi connectivity index (χ2v) is 5.94. The number of H-pyrrole nitrogens is 2. The van der Waals surface area contributed by atoms with Crippen molar-refractivity contribution in [2.75, 3.05) is 0 Å². The summed E-state index contributed by atoms with van der Waals surface area (Å²) in [7, 11) is 0. The van der Waals surface area contributed by atoms with E-state index in [1.165, 1.54) is 6.07 Å². The minimum Gasteiger partial charge on any atom is -0.353 e. The Labute approximate surface area is 135 Å². The molecule has 0 saturated heterocycles. The van der Waals surface area contributed by atoms with Gasteiger partial charge >= 0.3 is 0 Å². The van der Waals surface area contributed by atoms with E-state index in [1.54, 1.807) is 37.3 Å². The molecule has 4 aromatic rings. The van der Waals surface area contributed by atoms with Gasteiger partial charge in [-0.1, -0.05) is 29.8 Å². The Morgan fingerprint density at radius 3 is 2.61 bits per heavy atom. The first-order valence-corrected chi connectivity index (χ1v) is 7.53. The first-order chi connectivity index (χ1) is 11.1. The number of hydrogen-bond donors (Lipinski definition) is 2. The van der Waals surface area contributed by atoms with Crippen molar-refractivity contribution in [3.05, 3.63) is 69.2 Å². The molecule has 0 saturated carbocycles. The molecule has 5 heteroatoms. The normalized spacial score (nSPS) is 11.4. The Bertz CT molecular complexity index is 1130. The Kier molecular flexibility index (Phi) is 3.03. The molecule has 4 rings (SSSR count). The van der Waals surface area contributed by atoms with Crippen molar-refractivity contribution in [2.24, 2.45) is 0 Å². The summed E-state index contributed by atoms with van der Waals surface area (Å²) in [4.78, 5) is 18.5. The number of benzene rings is 2. The lowest BCUT2D eigenvalue weighted by Gasteiger charge is -2.08. The highest BCUT2D eigenvalue weighted by Crippen LogP contribution is 2.34. The van der Waals surface area contributed by atoms with Crippen LogP contribution in [-0.2, 0) is 0 Å². The third-order valence-electron chi connectivity index (χ3n) is 4.11. The van der Waals surface area contributed by atoms with Crippen LogP contribution in [0.1, 0.15) is 5.56 Å². The van der Waals surface area contributed by atoms with Gasteiger partial charge in [0.25, 0.3) is 5.56 Å². The minimum atomic E-state index is -0.362. The average Bonchev–Trinajstić information content (AvgIpc) is 2.87. The van der Waals surface area contributed by atoms with Gasteiger partial charge < -0.3 is 9.97 Å². The number of fused-ring (bicyclic) bond motifs is 3. The predicted molar refractivity (Wildman–Crippen MR) is 91.6 cm³/mol. The van der Waals surface area contributed by atoms with E-state index in [0.717, 1.165) is 10.9 Å². The van der Waals surface area contributed by atoms with Gasteiger partial charge in [-0.3, -0.25) is 4.79 Å². The van der Waals surface area contributed by atoms with E-state index in [0.29, 0.717) is 32.7 Å². The summed E-state index contributed by atoms with van der Waals surface area (Å²) in [5, 5.41) is 1.38. The maximum Gasteiger partial charge on any atom is 0.252 e. The van der Waals surface area contributed by atoms with Gasteiger partial charge in [0.15, 0.2) is 0 Å². The van der Waals surface area contributed by atoms with Gasteiger partial charge in [-0.15, -0.1) is 0 Å². The SMILES string of the molecule is Cc1c(-c2ccccc2F)c2[nH]c3ccc(Cl)cc3c2[nH]c1=O. The highest BCUT2D eigenvalue weighted by atomic mass is 35.5. The van der Waals surface area contributed by atoms with E-state index in [4.69, 9.17) is 11.6 Å². The Morgan fingerprint density at radius 1 is 1.04 bits per heavy atom. The number of nitrogens with one attached hydrogen (secondary N) is 2. The fourth-order valence-electron chi connectivity index (χ4n) is 2.99. The fraction of sp³-hybridized carbons (Fsp3) is 0.0556. The first kappa shape index (κ1) is 14.0. The number of aromatic nitrogens is 2. The molecular formula is C18H12ClFN2O. The third-order valence-corrected chi connectivity index (χ3v) is 4.34. The van der Waals surface area contributed by atoms with Gasteiger partial charge in [0.1, 0.15) is 5.82 Å². The molecule has 0 aliphatic carbocycles. The molecule has 0 amide bonds. The first-order valence-electron chi connectivity index (χ1n) is 7.15. The summed E-state index contributed by atoms with van der Waals surface area (Å²) in [5.74, 6) is -0.362. The maximum atomic E-state index is 14.3. The molecular weight excluding hydrogens is 315 g/mol. The zero-order valence-electron chi connectivity index (χ0n) is 12.2. The van der Waals surface area contributed by atoms with Crippen LogP contribution in [0.25, 0.3) is 33.1 Å². The molecule has 2 aromatic carbocycles. The molecule has 0 aliphatic rings. The van der Waals surface area contributed by atoms with Gasteiger partial charge in [0.05, 0.1) is 11.0 Å². The smallest absolute Gasteiger partial charge is 0.252 e. The van der Waals surface area contributed by atoms with Crippen LogP contribution in [0.2, 0.25) is 5.02 Å². The van der Waals surface area contributed by atoms with Crippen LogP contribution in [0, 0.1) is 12.7 Å². The van der Waals surface area contributed by atoms with E-state index in [9.17, 15) is 9.18 Å². The second-order valence-electron chi connectivity index (χ2n) is 5.50. The zero-order valence-corrected chi connectivity index (χ0v) is 13.0. The summed E-state index contributed by atoms with van der Waals surface area (Å²) in [6.45, 7) is 1.69. The molecule has 0 unspecified atom stereocenters. The number of aromatic amines is 2. The molecule has 0 aliphatic heterocycles. The number of hydrogen-bond acceptors (Lipinski definition) is 1. The lowest BCUT2D eigenvalue weighted by atomic mass is 10.00. The molecule has 2 aromatic heterocycles. The summed E-state index contributed by atoms with van der Waals surface area (Å²) < 4.78 is 14.3. The van der Waals surface area contributed by atoms with Crippen LogP contribution < -0.4 is 5.56 Å². The maximum absolute atomic E-state index is 14.3. The van der Waals surface area contributed by atoms with Crippen LogP contribution in [-0.4, -0.2) is 9.97 Å². The van der Waals surface area contributed by atoms with Gasteiger partial charge in [0, 0.05) is 32.6 Å². The molecule has 0 radical (unpaired) electrons. The van der Waals surface area contributed by atoms with Crippen LogP contribution >= 0.6 is 11.6 Å². The van der Waals surface area contributed by atoms with Crippen LogP contribution in [0.15, 0.2) is 47.3 Å². The standard InChI is InChI=1S/C18H12ClFN2O/c1-9-15(11-4-2-3-5-13(11)20)17-16(22-18(9)23)12-8-10(19)6-7-14(12)21-17/h2-8,21H,1H3,(H,22,23). The summed E-state index contributed by atoms with van der Waals surface area (Å²) >= 11 is 6.06. The van der Waals surface area contributed by atoms with Crippen molar-refractivity contribution in [1.29, 1.82) is 0 Å². The van der Waals surface area contributed by atoms with Crippen LogP contribution in [0.4, 0.5) is 4.39 Å². The highest BCUT2D eigenvalue weighted by Gasteiger charge is 2.17. The van der Waals surface area contributed by atoms with Crippen molar-refractivity contribution in [2.45, 2.75) is 6.92 Å². The van der Waals surface area contributed by atoms with Crippen molar-refractivity contribution in [3.8, 4) is 11.1 Å². The quantitative estimate of drug-likeness (QED) is 0.519. The van der Waals surface area contributed by atoms with Crippen molar-refractivity contribution in [3.63, 3.8) is 0 Å². The summed E-state index contributed by atoms with van der Waals surface area (Å²) in [6, 6.07) is 11.8. The molecule has 2 N–H and O–H groups in total. The van der Waals surface area contributed by atoms with Crippen molar-refractivity contribution >= 4 is 33.5 Å². The van der Waals surface area contributed by atoms with Crippen molar-refractivity contribution < 1.29 is 4.39 Å². The molecule has 0 atom stereocenters. The molecule has 0 bridgehead atoms. The van der Waals surface area contributed by atoms with E-state index < -0.39 is 0 Å². The zero-order chi connectivity index (χ0) is 16.1. The Hall–Kier alpha value is -2.59. The predicted octanol–water partition coefficient (Wildman–Crippen LogP) is 4.78. The van der Waals surface area contributed by atoms with E-state index in [1.807, 2.05) is 6.07 Å². The van der Waals surface area contributed by atoms with Crippen LogP contribution in [0.3, 0.4) is 0 Å². The van der Waals surface area contributed by atoms with E-state index in [-0.39, 0.29) is 11.4 Å². The second kappa shape index (κ2) is 4.96. The monoisotopic (exact) mass is 326 g/mol. The molecule has 114 valence electrons. The highest BCUT2D eigenvalue weighted by molar-refractivity contribution is 6.31. The number of halogens is 2. The molecule has 3 nitrogen and oxygen atoms in total. The summed E-state index contributed by atoms with van der Waals surface area (Å²) in [5.41, 5.74) is 3.38. The molecule has 2 heterocycles. The van der Waals surface area contributed by atoms with E-state index >= 15 is 0 Å². The fourth-order valence-corrected chi connectivity index (χ4v) is 3.16. The minimum absolute atomic E-state index is 0.239. The lowest BCUT2D eigenvalue weighted by Crippen LogP contribution is -2.11. The number of pyridine rings is 1. The van der Waals surface area contributed by atoms with E-state index in [2.05, 4.69) is 9.97 Å². The summed E-state index contributed by atoms with van der Waals surface area (Å²) in [6.07, 6.45) is 0. The molecule has 0 spiro atoms. The number of rotatable bonds is 1.